The second-order valence-electron chi connectivity index (χ2n) is 4.68. The molecule has 0 radical (unpaired) electrons. The van der Waals surface area contributed by atoms with Crippen LogP contribution in [-0.2, 0) is 0 Å². The fraction of sp³-hybridized carbons (Fsp3) is 0.786. The summed E-state index contributed by atoms with van der Waals surface area (Å²) in [6.45, 7) is 13.4. The van der Waals surface area contributed by atoms with Crippen LogP contribution >= 0.6 is 11.8 Å². The van der Waals surface area contributed by atoms with E-state index in [4.69, 9.17) is 0 Å². The van der Waals surface area contributed by atoms with Gasteiger partial charge in [-0.15, -0.1) is 0 Å². The lowest BCUT2D eigenvalue weighted by molar-refractivity contribution is 0.777. The molecule has 20 heavy (non-hydrogen) atoms. The van der Waals surface area contributed by atoms with Crippen LogP contribution in [0.25, 0.3) is 0 Å². The molecule has 1 heterocycles. The van der Waals surface area contributed by atoms with E-state index < -0.39 is 0 Å². The zero-order chi connectivity index (χ0) is 15.0. The van der Waals surface area contributed by atoms with Crippen molar-refractivity contribution in [1.82, 2.24) is 15.0 Å². The standard InChI is InChI=1S/C14H27N5S/c1-6-10-15-12-16-13(19(8-3)9-4)18-14(17-12)20-11(5)7-2/h11H,6-10H2,1-5H3,(H,15,16,17,18). The Balaban J connectivity index is 2.99. The number of rotatable bonds is 9. The first kappa shape index (κ1) is 17.0. The highest BCUT2D eigenvalue weighted by Crippen LogP contribution is 2.24. The third-order valence-electron chi connectivity index (χ3n) is 3.06. The van der Waals surface area contributed by atoms with Crippen LogP contribution in [0.1, 0.15) is 47.5 Å². The summed E-state index contributed by atoms with van der Waals surface area (Å²) in [6, 6.07) is 0. The maximum atomic E-state index is 4.60. The van der Waals surface area contributed by atoms with Crippen molar-refractivity contribution >= 4 is 23.7 Å². The van der Waals surface area contributed by atoms with Gasteiger partial charge in [-0.25, -0.2) is 0 Å². The van der Waals surface area contributed by atoms with E-state index in [1.807, 2.05) is 0 Å². The number of nitrogens with zero attached hydrogens (tertiary/aromatic N) is 4. The molecular weight excluding hydrogens is 270 g/mol. The van der Waals surface area contributed by atoms with Gasteiger partial charge >= 0.3 is 0 Å². The molecular formula is C14H27N5S. The third-order valence-corrected chi connectivity index (χ3v) is 4.19. The average molecular weight is 297 g/mol. The van der Waals surface area contributed by atoms with Crippen LogP contribution in [0.15, 0.2) is 5.16 Å². The quantitative estimate of drug-likeness (QED) is 0.705. The molecule has 114 valence electrons. The molecule has 0 aliphatic heterocycles. The number of hydrogen-bond donors (Lipinski definition) is 1. The molecule has 1 atom stereocenters. The van der Waals surface area contributed by atoms with Crippen LogP contribution in [0.3, 0.4) is 0 Å². The van der Waals surface area contributed by atoms with Crippen LogP contribution < -0.4 is 10.2 Å². The lowest BCUT2D eigenvalue weighted by Crippen LogP contribution is -2.25. The van der Waals surface area contributed by atoms with E-state index >= 15 is 0 Å². The number of anilines is 2. The largest absolute Gasteiger partial charge is 0.354 e. The Morgan fingerprint density at radius 3 is 2.35 bits per heavy atom. The Bertz CT molecular complexity index is 395. The van der Waals surface area contributed by atoms with E-state index in [0.29, 0.717) is 11.2 Å². The first-order valence-corrected chi connectivity index (χ1v) is 8.43. The first-order chi connectivity index (χ1) is 9.64. The van der Waals surface area contributed by atoms with Crippen molar-refractivity contribution in [2.75, 3.05) is 29.9 Å². The Kier molecular flexibility index (Phi) is 7.65. The second-order valence-corrected chi connectivity index (χ2v) is 6.08. The van der Waals surface area contributed by atoms with Crippen LogP contribution in [0, 0.1) is 0 Å². The predicted molar refractivity (Wildman–Crippen MR) is 87.8 cm³/mol. The van der Waals surface area contributed by atoms with E-state index in [9.17, 15) is 0 Å². The predicted octanol–water partition coefficient (Wildman–Crippen LogP) is 3.43. The highest BCUT2D eigenvalue weighted by atomic mass is 32.2. The normalized spacial score (nSPS) is 12.2. The first-order valence-electron chi connectivity index (χ1n) is 7.56. The lowest BCUT2D eigenvalue weighted by Gasteiger charge is -2.20. The van der Waals surface area contributed by atoms with Crippen LogP contribution in [0.4, 0.5) is 11.9 Å². The molecule has 0 amide bonds. The fourth-order valence-electron chi connectivity index (χ4n) is 1.63. The highest BCUT2D eigenvalue weighted by molar-refractivity contribution is 7.99. The summed E-state index contributed by atoms with van der Waals surface area (Å²) in [6.07, 6.45) is 2.16. The van der Waals surface area contributed by atoms with E-state index in [2.05, 4.69) is 59.8 Å². The molecule has 6 heteroatoms. The van der Waals surface area contributed by atoms with Gasteiger partial charge in [0.25, 0.3) is 0 Å². The minimum atomic E-state index is 0.515. The minimum Gasteiger partial charge on any atom is -0.354 e. The maximum Gasteiger partial charge on any atom is 0.231 e. The topological polar surface area (TPSA) is 53.9 Å². The van der Waals surface area contributed by atoms with E-state index in [1.165, 1.54) is 0 Å². The molecule has 0 saturated carbocycles. The summed E-state index contributed by atoms with van der Waals surface area (Å²) in [4.78, 5) is 15.8. The van der Waals surface area contributed by atoms with Gasteiger partial charge in [-0.3, -0.25) is 0 Å². The van der Waals surface area contributed by atoms with Gasteiger partial charge in [0, 0.05) is 24.9 Å². The zero-order valence-electron chi connectivity index (χ0n) is 13.3. The Morgan fingerprint density at radius 1 is 1.10 bits per heavy atom. The fourth-order valence-corrected chi connectivity index (χ4v) is 2.43. The van der Waals surface area contributed by atoms with E-state index in [-0.39, 0.29) is 0 Å². The van der Waals surface area contributed by atoms with Crippen molar-refractivity contribution in [3.8, 4) is 0 Å². The Hall–Kier alpha value is -1.04. The molecule has 0 bridgehead atoms. The molecule has 0 fully saturated rings. The molecule has 1 rings (SSSR count). The summed E-state index contributed by atoms with van der Waals surface area (Å²) in [5.74, 6) is 1.46. The SMILES string of the molecule is CCCNc1nc(SC(C)CC)nc(N(CC)CC)n1. The van der Waals surface area contributed by atoms with E-state index in [0.717, 1.165) is 43.6 Å². The Morgan fingerprint density at radius 2 is 1.80 bits per heavy atom. The van der Waals surface area contributed by atoms with Gasteiger partial charge in [-0.1, -0.05) is 32.5 Å². The van der Waals surface area contributed by atoms with Gasteiger partial charge in [0.1, 0.15) is 0 Å². The highest BCUT2D eigenvalue weighted by Gasteiger charge is 2.13. The molecule has 1 unspecified atom stereocenters. The number of hydrogen-bond acceptors (Lipinski definition) is 6. The number of aromatic nitrogens is 3. The summed E-state index contributed by atoms with van der Waals surface area (Å²) in [5.41, 5.74) is 0. The van der Waals surface area contributed by atoms with Crippen molar-refractivity contribution in [2.24, 2.45) is 0 Å². The van der Waals surface area contributed by atoms with Gasteiger partial charge < -0.3 is 10.2 Å². The van der Waals surface area contributed by atoms with Crippen molar-refractivity contribution < 1.29 is 0 Å². The maximum absolute atomic E-state index is 4.60. The van der Waals surface area contributed by atoms with Crippen molar-refractivity contribution in [2.45, 2.75) is 57.9 Å². The Labute approximate surface area is 127 Å². The van der Waals surface area contributed by atoms with Gasteiger partial charge in [0.05, 0.1) is 0 Å². The molecule has 0 aliphatic rings. The molecule has 0 spiro atoms. The molecule has 0 aromatic carbocycles. The van der Waals surface area contributed by atoms with Crippen LogP contribution in [0.5, 0.6) is 0 Å². The monoisotopic (exact) mass is 297 g/mol. The number of nitrogens with one attached hydrogen (secondary N) is 1. The van der Waals surface area contributed by atoms with Crippen LogP contribution in [0.2, 0.25) is 0 Å². The molecule has 0 saturated heterocycles. The molecule has 1 aromatic heterocycles. The minimum absolute atomic E-state index is 0.515. The number of thioether (sulfide) groups is 1. The van der Waals surface area contributed by atoms with Crippen molar-refractivity contribution in [3.05, 3.63) is 0 Å². The van der Waals surface area contributed by atoms with Gasteiger partial charge in [-0.2, -0.15) is 15.0 Å². The molecule has 1 aromatic rings. The summed E-state index contributed by atoms with van der Waals surface area (Å²) in [5, 5.41) is 4.60. The van der Waals surface area contributed by atoms with Gasteiger partial charge in [-0.05, 0) is 26.7 Å². The smallest absolute Gasteiger partial charge is 0.231 e. The third kappa shape index (κ3) is 5.15. The summed E-state index contributed by atoms with van der Waals surface area (Å²) < 4.78 is 0. The van der Waals surface area contributed by atoms with E-state index in [1.54, 1.807) is 11.8 Å². The zero-order valence-corrected chi connectivity index (χ0v) is 14.1. The molecule has 0 aliphatic carbocycles. The van der Waals surface area contributed by atoms with Crippen LogP contribution in [-0.4, -0.2) is 39.8 Å². The summed E-state index contributed by atoms with van der Waals surface area (Å²) in [7, 11) is 0. The average Bonchev–Trinajstić information content (AvgIpc) is 2.46. The second kappa shape index (κ2) is 9.00. The summed E-state index contributed by atoms with van der Waals surface area (Å²) >= 11 is 1.71. The molecule has 1 N–H and O–H groups in total. The van der Waals surface area contributed by atoms with Gasteiger partial charge in [0.15, 0.2) is 5.16 Å². The van der Waals surface area contributed by atoms with Crippen molar-refractivity contribution in [1.29, 1.82) is 0 Å². The van der Waals surface area contributed by atoms with Crippen molar-refractivity contribution in [3.63, 3.8) is 0 Å². The molecule has 5 nitrogen and oxygen atoms in total. The van der Waals surface area contributed by atoms with Gasteiger partial charge in [0.2, 0.25) is 11.9 Å². The lowest BCUT2D eigenvalue weighted by atomic mass is 10.4.